The number of hydrogen-bond donors (Lipinski definition) is 0. The van der Waals surface area contributed by atoms with Crippen LogP contribution < -0.4 is 0 Å². The molecule has 6 heteroatoms. The Labute approximate surface area is 115 Å². The monoisotopic (exact) mass is 280 g/mol. The van der Waals surface area contributed by atoms with Gasteiger partial charge in [-0.1, -0.05) is 20.8 Å². The SMILES string of the molecule is COC(=O)c1oc(-c2csc(C)n2)nc1C(C)(C)C. The van der Waals surface area contributed by atoms with Crippen molar-refractivity contribution in [2.75, 3.05) is 7.11 Å². The van der Waals surface area contributed by atoms with E-state index < -0.39 is 5.97 Å². The Bertz CT molecular complexity index is 608. The molecule has 102 valence electrons. The molecule has 0 radical (unpaired) electrons. The molecule has 0 aliphatic heterocycles. The van der Waals surface area contributed by atoms with Crippen molar-refractivity contribution in [3.8, 4) is 11.6 Å². The molecule has 2 rings (SSSR count). The van der Waals surface area contributed by atoms with Crippen molar-refractivity contribution in [1.82, 2.24) is 9.97 Å². The first-order valence-electron chi connectivity index (χ1n) is 5.85. The zero-order valence-corrected chi connectivity index (χ0v) is 12.4. The first-order chi connectivity index (χ1) is 8.82. The summed E-state index contributed by atoms with van der Waals surface area (Å²) in [4.78, 5) is 20.5. The van der Waals surface area contributed by atoms with Crippen molar-refractivity contribution in [2.24, 2.45) is 0 Å². The van der Waals surface area contributed by atoms with Crippen LogP contribution in [0.4, 0.5) is 0 Å². The van der Waals surface area contributed by atoms with E-state index in [9.17, 15) is 4.79 Å². The standard InChI is InChI=1S/C13H16N2O3S/c1-7-14-8(6-19-7)11-15-10(13(2,3)4)9(18-11)12(16)17-5/h6H,1-5H3. The summed E-state index contributed by atoms with van der Waals surface area (Å²) in [6.07, 6.45) is 0. The number of carbonyl (C=O) groups excluding carboxylic acids is 1. The van der Waals surface area contributed by atoms with Gasteiger partial charge in [0.2, 0.25) is 11.7 Å². The molecule has 5 nitrogen and oxygen atoms in total. The molecule has 0 aliphatic carbocycles. The van der Waals surface area contributed by atoms with Gasteiger partial charge in [-0.15, -0.1) is 11.3 Å². The number of esters is 1. The summed E-state index contributed by atoms with van der Waals surface area (Å²) in [7, 11) is 1.32. The van der Waals surface area contributed by atoms with Crippen molar-refractivity contribution in [3.05, 3.63) is 21.8 Å². The lowest BCUT2D eigenvalue weighted by Gasteiger charge is -2.15. The molecule has 0 amide bonds. The van der Waals surface area contributed by atoms with E-state index in [0.717, 1.165) is 5.01 Å². The first kappa shape index (κ1) is 13.7. The van der Waals surface area contributed by atoms with E-state index in [4.69, 9.17) is 9.15 Å². The number of thiazole rings is 1. The predicted octanol–water partition coefficient (Wildman–Crippen LogP) is 3.19. The number of hydrogen-bond acceptors (Lipinski definition) is 6. The molecule has 2 heterocycles. The van der Waals surface area contributed by atoms with Crippen LogP contribution in [-0.4, -0.2) is 23.0 Å². The van der Waals surface area contributed by atoms with Gasteiger partial charge in [0.1, 0.15) is 11.4 Å². The maximum absolute atomic E-state index is 11.8. The minimum absolute atomic E-state index is 0.149. The number of aryl methyl sites for hydroxylation is 1. The zero-order valence-electron chi connectivity index (χ0n) is 11.6. The molecule has 0 aromatic carbocycles. The molecule has 0 unspecified atom stereocenters. The van der Waals surface area contributed by atoms with Crippen molar-refractivity contribution < 1.29 is 13.9 Å². The van der Waals surface area contributed by atoms with Crippen LogP contribution in [-0.2, 0) is 10.2 Å². The molecule has 2 aromatic heterocycles. The van der Waals surface area contributed by atoms with Crippen LogP contribution in [0.25, 0.3) is 11.6 Å². The van der Waals surface area contributed by atoms with Gasteiger partial charge in [-0.25, -0.2) is 14.8 Å². The van der Waals surface area contributed by atoms with Crippen molar-refractivity contribution in [1.29, 1.82) is 0 Å². The number of nitrogens with zero attached hydrogens (tertiary/aromatic N) is 2. The number of methoxy groups -OCH3 is 1. The summed E-state index contributed by atoms with van der Waals surface area (Å²) in [5.74, 6) is -0.0130. The third kappa shape index (κ3) is 2.68. The highest BCUT2D eigenvalue weighted by Gasteiger charge is 2.30. The van der Waals surface area contributed by atoms with Crippen LogP contribution in [0.2, 0.25) is 0 Å². The number of oxazole rings is 1. The number of carbonyl (C=O) groups is 1. The van der Waals surface area contributed by atoms with Crippen molar-refractivity contribution in [3.63, 3.8) is 0 Å². The molecule has 19 heavy (non-hydrogen) atoms. The van der Waals surface area contributed by atoms with Crippen molar-refractivity contribution >= 4 is 17.3 Å². The van der Waals surface area contributed by atoms with Gasteiger partial charge in [-0.3, -0.25) is 0 Å². The Morgan fingerprint density at radius 2 is 2.05 bits per heavy atom. The summed E-state index contributed by atoms with van der Waals surface area (Å²) in [6, 6.07) is 0. The Kier molecular flexibility index (Phi) is 3.45. The number of ether oxygens (including phenoxy) is 1. The van der Waals surface area contributed by atoms with Gasteiger partial charge in [0.05, 0.1) is 12.1 Å². The lowest BCUT2D eigenvalue weighted by atomic mass is 9.91. The fraction of sp³-hybridized carbons (Fsp3) is 0.462. The Balaban J connectivity index is 2.54. The highest BCUT2D eigenvalue weighted by molar-refractivity contribution is 7.09. The van der Waals surface area contributed by atoms with E-state index >= 15 is 0 Å². The van der Waals surface area contributed by atoms with Crippen molar-refractivity contribution in [2.45, 2.75) is 33.1 Å². The van der Waals surface area contributed by atoms with Crippen LogP contribution in [0.3, 0.4) is 0 Å². The highest BCUT2D eigenvalue weighted by atomic mass is 32.1. The molecule has 0 N–H and O–H groups in total. The minimum Gasteiger partial charge on any atom is -0.463 e. The van der Waals surface area contributed by atoms with E-state index in [1.54, 1.807) is 0 Å². The number of aromatic nitrogens is 2. The molecule has 0 spiro atoms. The largest absolute Gasteiger partial charge is 0.463 e. The van der Waals surface area contributed by atoms with E-state index in [0.29, 0.717) is 17.3 Å². The Morgan fingerprint density at radius 1 is 1.37 bits per heavy atom. The lowest BCUT2D eigenvalue weighted by Crippen LogP contribution is -2.17. The summed E-state index contributed by atoms with van der Waals surface area (Å²) >= 11 is 1.51. The Morgan fingerprint density at radius 3 is 2.53 bits per heavy atom. The van der Waals surface area contributed by atoms with E-state index in [2.05, 4.69) is 9.97 Å². The maximum Gasteiger partial charge on any atom is 0.376 e. The second-order valence-corrected chi connectivity index (χ2v) is 6.25. The van der Waals surface area contributed by atoms with Gasteiger partial charge in [-0.2, -0.15) is 0 Å². The van der Waals surface area contributed by atoms with Gasteiger partial charge in [-0.05, 0) is 6.92 Å². The molecule has 0 saturated carbocycles. The normalized spacial score (nSPS) is 11.6. The molecule has 0 fully saturated rings. The predicted molar refractivity (Wildman–Crippen MR) is 72.4 cm³/mol. The summed E-state index contributed by atoms with van der Waals surface area (Å²) in [5.41, 5.74) is 0.916. The van der Waals surface area contributed by atoms with Gasteiger partial charge in [0.15, 0.2) is 0 Å². The van der Waals surface area contributed by atoms with E-state index in [1.807, 2.05) is 33.1 Å². The fourth-order valence-corrected chi connectivity index (χ4v) is 2.22. The van der Waals surface area contributed by atoms with E-state index in [-0.39, 0.29) is 11.2 Å². The average molecular weight is 280 g/mol. The third-order valence-corrected chi connectivity index (χ3v) is 3.32. The summed E-state index contributed by atoms with van der Waals surface area (Å²) in [5, 5.41) is 2.78. The van der Waals surface area contributed by atoms with Gasteiger partial charge in [0.25, 0.3) is 0 Å². The van der Waals surface area contributed by atoms with E-state index in [1.165, 1.54) is 18.4 Å². The fourth-order valence-electron chi connectivity index (χ4n) is 1.63. The van der Waals surface area contributed by atoms with Gasteiger partial charge < -0.3 is 9.15 Å². The molecule has 0 bridgehead atoms. The second kappa shape index (κ2) is 4.77. The van der Waals surface area contributed by atoms with Crippen LogP contribution in [0.1, 0.15) is 42.0 Å². The summed E-state index contributed by atoms with van der Waals surface area (Å²) in [6.45, 7) is 7.80. The third-order valence-electron chi connectivity index (χ3n) is 2.55. The smallest absolute Gasteiger partial charge is 0.376 e. The topological polar surface area (TPSA) is 65.2 Å². The molecule has 0 aliphatic rings. The van der Waals surface area contributed by atoms with Crippen LogP contribution >= 0.6 is 11.3 Å². The average Bonchev–Trinajstić information content (AvgIpc) is 2.92. The molecule has 0 atom stereocenters. The molecule has 0 saturated heterocycles. The van der Waals surface area contributed by atoms with Crippen LogP contribution in [0, 0.1) is 6.92 Å². The molecular formula is C13H16N2O3S. The van der Waals surface area contributed by atoms with Crippen LogP contribution in [0.15, 0.2) is 9.80 Å². The maximum atomic E-state index is 11.8. The Hall–Kier alpha value is -1.69. The summed E-state index contributed by atoms with van der Waals surface area (Å²) < 4.78 is 10.3. The molecule has 2 aromatic rings. The molecular weight excluding hydrogens is 264 g/mol. The van der Waals surface area contributed by atoms with Gasteiger partial charge in [0, 0.05) is 10.8 Å². The lowest BCUT2D eigenvalue weighted by molar-refractivity contribution is 0.0562. The second-order valence-electron chi connectivity index (χ2n) is 5.19. The zero-order chi connectivity index (χ0) is 14.2. The quantitative estimate of drug-likeness (QED) is 0.790. The van der Waals surface area contributed by atoms with Gasteiger partial charge >= 0.3 is 5.97 Å². The highest BCUT2D eigenvalue weighted by Crippen LogP contribution is 2.30. The number of rotatable bonds is 2. The first-order valence-corrected chi connectivity index (χ1v) is 6.73. The van der Waals surface area contributed by atoms with Crippen LogP contribution in [0.5, 0.6) is 0 Å². The minimum atomic E-state index is -0.518.